The van der Waals surface area contributed by atoms with Gasteiger partial charge in [-0.25, -0.2) is 9.97 Å². The molecule has 0 aliphatic carbocycles. The Morgan fingerprint density at radius 2 is 2.10 bits per heavy atom. The van der Waals surface area contributed by atoms with Crippen molar-refractivity contribution in [3.8, 4) is 0 Å². The molecule has 1 amide bonds. The number of carbonyl (C=O) groups excluding carboxylic acids is 1. The second-order valence-electron chi connectivity index (χ2n) is 4.38. The van der Waals surface area contributed by atoms with E-state index in [4.69, 9.17) is 0 Å². The zero-order valence-electron chi connectivity index (χ0n) is 11.6. The van der Waals surface area contributed by atoms with Gasteiger partial charge in [-0.05, 0) is 30.7 Å². The molecule has 0 bridgehead atoms. The predicted octanol–water partition coefficient (Wildman–Crippen LogP) is 3.40. The lowest BCUT2D eigenvalue weighted by atomic mass is 10.2. The van der Waals surface area contributed by atoms with Crippen molar-refractivity contribution in [1.29, 1.82) is 0 Å². The Morgan fingerprint density at radius 3 is 2.71 bits per heavy atom. The fraction of sp³-hybridized carbons (Fsp3) is 0.133. The minimum atomic E-state index is -0.240. The first kappa shape index (κ1) is 15.2. The number of aromatic nitrogens is 2. The summed E-state index contributed by atoms with van der Waals surface area (Å²) in [6.07, 6.45) is 4.68. The fourth-order valence-corrected chi connectivity index (χ4v) is 2.14. The molecule has 0 fully saturated rings. The summed E-state index contributed by atoms with van der Waals surface area (Å²) in [6, 6.07) is 5.66. The molecule has 0 aliphatic rings. The summed E-state index contributed by atoms with van der Waals surface area (Å²) in [5.41, 5.74) is 2.14. The summed E-state index contributed by atoms with van der Waals surface area (Å²) in [6.45, 7) is 6.10. The second kappa shape index (κ2) is 6.99. The van der Waals surface area contributed by atoms with E-state index in [9.17, 15) is 4.79 Å². The normalized spacial score (nSPS) is 10.0. The van der Waals surface area contributed by atoms with Crippen LogP contribution in [0.15, 0.2) is 47.7 Å². The molecule has 108 valence electrons. The first-order valence-electron chi connectivity index (χ1n) is 6.34. The number of hydrogen-bond donors (Lipinski definition) is 2. The van der Waals surface area contributed by atoms with Gasteiger partial charge in [0, 0.05) is 29.1 Å². The topological polar surface area (TPSA) is 66.9 Å². The number of amides is 1. The number of anilines is 2. The van der Waals surface area contributed by atoms with Crippen molar-refractivity contribution in [3.63, 3.8) is 0 Å². The number of aryl methyl sites for hydroxylation is 1. The number of carbonyl (C=O) groups is 1. The molecule has 0 saturated carbocycles. The summed E-state index contributed by atoms with van der Waals surface area (Å²) in [4.78, 5) is 20.3. The summed E-state index contributed by atoms with van der Waals surface area (Å²) < 4.78 is 0.971. The molecule has 0 unspecified atom stereocenters. The molecule has 1 aromatic carbocycles. The summed E-state index contributed by atoms with van der Waals surface area (Å²) in [7, 11) is 0. The summed E-state index contributed by atoms with van der Waals surface area (Å²) in [5.74, 6) is 0.224. The quantitative estimate of drug-likeness (QED) is 0.814. The average molecular weight is 347 g/mol. The van der Waals surface area contributed by atoms with Crippen LogP contribution in [0.25, 0.3) is 0 Å². The lowest BCUT2D eigenvalue weighted by molar-refractivity contribution is 0.102. The van der Waals surface area contributed by atoms with Gasteiger partial charge in [-0.3, -0.25) is 4.79 Å². The summed E-state index contributed by atoms with van der Waals surface area (Å²) in [5, 5.41) is 5.79. The Bertz CT molecular complexity index is 655. The standard InChI is InChI=1S/C15H15BrN4O/c1-3-6-17-15-18-8-11(9-19-15)14(21)20-13-5-4-12(16)7-10(13)2/h3-5,7-9H,1,6H2,2H3,(H,20,21)(H,17,18,19). The molecule has 21 heavy (non-hydrogen) atoms. The van der Waals surface area contributed by atoms with Crippen molar-refractivity contribution in [1.82, 2.24) is 9.97 Å². The molecule has 0 saturated heterocycles. The fourth-order valence-electron chi connectivity index (χ4n) is 1.66. The number of rotatable bonds is 5. The van der Waals surface area contributed by atoms with Gasteiger partial charge in [-0.15, -0.1) is 6.58 Å². The first-order valence-corrected chi connectivity index (χ1v) is 7.14. The lowest BCUT2D eigenvalue weighted by Crippen LogP contribution is -2.14. The molecular formula is C15H15BrN4O. The Kier molecular flexibility index (Phi) is 5.05. The monoisotopic (exact) mass is 346 g/mol. The third-order valence-electron chi connectivity index (χ3n) is 2.76. The largest absolute Gasteiger partial charge is 0.351 e. The van der Waals surface area contributed by atoms with E-state index in [0.29, 0.717) is 18.1 Å². The van der Waals surface area contributed by atoms with Gasteiger partial charge < -0.3 is 10.6 Å². The van der Waals surface area contributed by atoms with Crippen molar-refractivity contribution in [2.24, 2.45) is 0 Å². The molecule has 6 heteroatoms. The highest BCUT2D eigenvalue weighted by molar-refractivity contribution is 9.10. The van der Waals surface area contributed by atoms with E-state index in [-0.39, 0.29) is 5.91 Å². The number of nitrogens with zero attached hydrogens (tertiary/aromatic N) is 2. The Labute approximate surface area is 131 Å². The van der Waals surface area contributed by atoms with Crippen molar-refractivity contribution in [3.05, 3.63) is 58.8 Å². The predicted molar refractivity (Wildman–Crippen MR) is 87.6 cm³/mol. The molecule has 1 aromatic heterocycles. The molecule has 0 radical (unpaired) electrons. The van der Waals surface area contributed by atoms with E-state index >= 15 is 0 Å². The highest BCUT2D eigenvalue weighted by Gasteiger charge is 2.09. The molecule has 0 aliphatic heterocycles. The maximum Gasteiger partial charge on any atom is 0.258 e. The van der Waals surface area contributed by atoms with Gasteiger partial charge in [-0.1, -0.05) is 22.0 Å². The maximum absolute atomic E-state index is 12.1. The molecule has 0 spiro atoms. The van der Waals surface area contributed by atoms with E-state index in [0.717, 1.165) is 15.7 Å². The van der Waals surface area contributed by atoms with E-state index in [2.05, 4.69) is 43.1 Å². The number of benzene rings is 1. The third kappa shape index (κ3) is 4.13. The van der Waals surface area contributed by atoms with Crippen molar-refractivity contribution in [2.45, 2.75) is 6.92 Å². The van der Waals surface area contributed by atoms with Crippen LogP contribution < -0.4 is 10.6 Å². The van der Waals surface area contributed by atoms with Crippen LogP contribution in [0.2, 0.25) is 0 Å². The van der Waals surface area contributed by atoms with Crippen LogP contribution >= 0.6 is 15.9 Å². The molecular weight excluding hydrogens is 332 g/mol. The Morgan fingerprint density at radius 1 is 1.38 bits per heavy atom. The molecule has 2 aromatic rings. The number of hydrogen-bond acceptors (Lipinski definition) is 4. The van der Waals surface area contributed by atoms with Gasteiger partial charge in [0.1, 0.15) is 0 Å². The van der Waals surface area contributed by atoms with Crippen LogP contribution in [0.3, 0.4) is 0 Å². The van der Waals surface area contributed by atoms with Crippen LogP contribution in [-0.2, 0) is 0 Å². The Balaban J connectivity index is 2.07. The van der Waals surface area contributed by atoms with E-state index in [1.807, 2.05) is 25.1 Å². The van der Waals surface area contributed by atoms with E-state index in [1.165, 1.54) is 12.4 Å². The summed E-state index contributed by atoms with van der Waals surface area (Å²) >= 11 is 3.39. The third-order valence-corrected chi connectivity index (χ3v) is 3.25. The zero-order valence-corrected chi connectivity index (χ0v) is 13.1. The highest BCUT2D eigenvalue weighted by atomic mass is 79.9. The maximum atomic E-state index is 12.1. The molecule has 2 rings (SSSR count). The molecule has 0 atom stereocenters. The van der Waals surface area contributed by atoms with Crippen LogP contribution in [0, 0.1) is 6.92 Å². The van der Waals surface area contributed by atoms with Crippen molar-refractivity contribution in [2.75, 3.05) is 17.2 Å². The molecule has 2 N–H and O–H groups in total. The second-order valence-corrected chi connectivity index (χ2v) is 5.29. The van der Waals surface area contributed by atoms with E-state index < -0.39 is 0 Å². The zero-order chi connectivity index (χ0) is 15.2. The van der Waals surface area contributed by atoms with Gasteiger partial charge in [0.25, 0.3) is 5.91 Å². The van der Waals surface area contributed by atoms with Gasteiger partial charge in [0.05, 0.1) is 5.56 Å². The first-order chi connectivity index (χ1) is 10.1. The van der Waals surface area contributed by atoms with Crippen LogP contribution in [0.5, 0.6) is 0 Å². The molecule has 5 nitrogen and oxygen atoms in total. The van der Waals surface area contributed by atoms with Gasteiger partial charge in [-0.2, -0.15) is 0 Å². The minimum Gasteiger partial charge on any atom is -0.351 e. The number of halogens is 1. The van der Waals surface area contributed by atoms with Crippen LogP contribution in [0.4, 0.5) is 11.6 Å². The highest BCUT2D eigenvalue weighted by Crippen LogP contribution is 2.20. The SMILES string of the molecule is C=CCNc1ncc(C(=O)Nc2ccc(Br)cc2C)cn1. The minimum absolute atomic E-state index is 0.240. The van der Waals surface area contributed by atoms with E-state index in [1.54, 1.807) is 6.08 Å². The van der Waals surface area contributed by atoms with Crippen molar-refractivity contribution < 1.29 is 4.79 Å². The smallest absolute Gasteiger partial charge is 0.258 e. The van der Waals surface area contributed by atoms with Gasteiger partial charge >= 0.3 is 0 Å². The van der Waals surface area contributed by atoms with Gasteiger partial charge in [0.15, 0.2) is 0 Å². The van der Waals surface area contributed by atoms with Crippen LogP contribution in [0.1, 0.15) is 15.9 Å². The molecule has 1 heterocycles. The lowest BCUT2D eigenvalue weighted by Gasteiger charge is -2.09. The van der Waals surface area contributed by atoms with Crippen LogP contribution in [-0.4, -0.2) is 22.4 Å². The van der Waals surface area contributed by atoms with Gasteiger partial charge in [0.2, 0.25) is 5.95 Å². The van der Waals surface area contributed by atoms with Crippen molar-refractivity contribution >= 4 is 33.5 Å². The average Bonchev–Trinajstić information content (AvgIpc) is 2.48. The number of nitrogens with one attached hydrogen (secondary N) is 2. The Hall–Kier alpha value is -2.21.